The van der Waals surface area contributed by atoms with Crippen LogP contribution < -0.4 is 14.2 Å². The summed E-state index contributed by atoms with van der Waals surface area (Å²) in [6.07, 6.45) is 0. The Morgan fingerprint density at radius 2 is 1.48 bits per heavy atom. The van der Waals surface area contributed by atoms with Gasteiger partial charge in [-0.25, -0.2) is 0 Å². The molecule has 0 aliphatic heterocycles. The fraction of sp³-hybridized carbons (Fsp3) is 0.214. The van der Waals surface area contributed by atoms with E-state index in [1.165, 1.54) is 14.2 Å². The molecule has 0 atom stereocenters. The van der Waals surface area contributed by atoms with E-state index in [4.69, 9.17) is 19.7 Å². The van der Waals surface area contributed by atoms with Crippen LogP contribution in [0, 0.1) is 4.91 Å². The van der Waals surface area contributed by atoms with Crippen molar-refractivity contribution >= 4 is 16.5 Å². The zero-order valence-electron chi connectivity index (χ0n) is 22.5. The Balaban J connectivity index is 1.85. The Morgan fingerprint density at radius 3 is 2.14 bits per heavy atom. The second-order valence-electron chi connectivity index (χ2n) is 9.28. The minimum atomic E-state index is -1.01. The van der Waals surface area contributed by atoms with E-state index in [1.54, 1.807) is 30.3 Å². The third-order valence-electron chi connectivity index (χ3n) is 7.39. The summed E-state index contributed by atoms with van der Waals surface area (Å²) in [5.74, 6) is 1.36. The van der Waals surface area contributed by atoms with Crippen LogP contribution in [-0.2, 0) is 5.41 Å². The Morgan fingerprint density at radius 1 is 0.738 bits per heavy atom. The molecule has 4 aromatic rings. The van der Waals surface area contributed by atoms with Crippen LogP contribution in [0.15, 0.2) is 81.2 Å². The summed E-state index contributed by atoms with van der Waals surface area (Å²) in [7, 11) is 3.05. The van der Waals surface area contributed by atoms with Crippen molar-refractivity contribution in [3.8, 4) is 39.5 Å². The average Bonchev–Trinajstić information content (AvgIpc) is 3.31. The van der Waals surface area contributed by atoms with E-state index >= 15 is 0 Å². The normalized spacial score (nSPS) is 14.4. The van der Waals surface area contributed by atoms with E-state index in [0.29, 0.717) is 44.7 Å². The number of methoxy groups -OCH3 is 2. The van der Waals surface area contributed by atoms with Crippen molar-refractivity contribution in [1.82, 2.24) is 0 Å². The fourth-order valence-corrected chi connectivity index (χ4v) is 5.61. The molecule has 0 bridgehead atoms. The number of rotatable bonds is 11. The maximum atomic E-state index is 12.3. The predicted molar refractivity (Wildman–Crippen MR) is 157 cm³/mol. The Labute approximate surface area is 238 Å². The molecule has 0 aromatic heterocycles. The highest BCUT2D eigenvalue weighted by atomic mass is 16.5. The van der Waals surface area contributed by atoms with Crippen LogP contribution in [0.5, 0.6) is 17.2 Å². The quantitative estimate of drug-likeness (QED) is 0.0763. The van der Waals surface area contributed by atoms with Gasteiger partial charge in [-0.05, 0) is 79.7 Å². The number of hydrogen-bond acceptors (Lipinski definition) is 8. The lowest BCUT2D eigenvalue weighted by atomic mass is 9.77. The summed E-state index contributed by atoms with van der Waals surface area (Å²) in [4.78, 5) is 21.0. The summed E-state index contributed by atoms with van der Waals surface area (Å²) in [5.41, 5.74) is 30.5. The minimum Gasteiger partial charge on any atom is -0.497 e. The van der Waals surface area contributed by atoms with Crippen molar-refractivity contribution in [3.63, 3.8) is 0 Å². The molecule has 1 aliphatic rings. The number of nitroso groups, excluding NO2 is 1. The van der Waals surface area contributed by atoms with E-state index in [1.807, 2.05) is 30.3 Å². The van der Waals surface area contributed by atoms with Gasteiger partial charge in [0.05, 0.1) is 14.2 Å². The van der Waals surface area contributed by atoms with Crippen molar-refractivity contribution in [1.29, 1.82) is 0 Å². The number of fused-ring (bicyclic) bond motifs is 5. The molecule has 5 rings (SSSR count). The Bertz CT molecular complexity index is 1850. The summed E-state index contributed by atoms with van der Waals surface area (Å²) >= 11 is 0. The van der Waals surface area contributed by atoms with E-state index in [0.717, 1.165) is 16.7 Å². The van der Waals surface area contributed by atoms with Gasteiger partial charge in [0.15, 0.2) is 6.73 Å². The maximum absolute atomic E-state index is 12.3. The standard InChI is InChI=1S/C28H22N10O4/c1-40-16-7-8-17(26(9-16)42-15-34-38-31)20-10-19-21(11-25(20)41-2)27-18-5-3-4-6-22(18)28(13-32-36-29,14-33-37-30)23(27)12-24(19)35-39/h3-12H,13-15H2,1-2H3. The first-order valence-electron chi connectivity index (χ1n) is 12.5. The highest BCUT2D eigenvalue weighted by Gasteiger charge is 2.43. The van der Waals surface area contributed by atoms with Crippen LogP contribution in [0.3, 0.4) is 0 Å². The lowest BCUT2D eigenvalue weighted by Crippen LogP contribution is -2.32. The molecule has 0 heterocycles. The fourth-order valence-electron chi connectivity index (χ4n) is 5.61. The Hall–Kier alpha value is -5.93. The van der Waals surface area contributed by atoms with E-state index in [2.05, 4.69) is 35.3 Å². The molecule has 0 saturated carbocycles. The van der Waals surface area contributed by atoms with Gasteiger partial charge < -0.3 is 14.2 Å². The topological polar surface area (TPSA) is 203 Å². The predicted octanol–water partition coefficient (Wildman–Crippen LogP) is 8.46. The molecule has 0 spiro atoms. The van der Waals surface area contributed by atoms with Crippen LogP contribution in [0.4, 0.5) is 5.69 Å². The first-order chi connectivity index (χ1) is 20.6. The van der Waals surface area contributed by atoms with E-state index in [-0.39, 0.29) is 25.5 Å². The summed E-state index contributed by atoms with van der Waals surface area (Å²) in [6, 6.07) is 18.0. The molecule has 0 fully saturated rings. The molecule has 14 heteroatoms. The van der Waals surface area contributed by atoms with E-state index in [9.17, 15) is 16.0 Å². The van der Waals surface area contributed by atoms with Crippen molar-refractivity contribution in [2.45, 2.75) is 5.41 Å². The number of benzene rings is 4. The molecular weight excluding hydrogens is 540 g/mol. The third kappa shape index (κ3) is 4.49. The van der Waals surface area contributed by atoms with Gasteiger partial charge in [-0.3, -0.25) is 0 Å². The van der Waals surface area contributed by atoms with Crippen LogP contribution in [0.1, 0.15) is 11.1 Å². The van der Waals surface area contributed by atoms with Gasteiger partial charge in [-0.1, -0.05) is 39.6 Å². The second kappa shape index (κ2) is 11.7. The third-order valence-corrected chi connectivity index (χ3v) is 7.39. The molecule has 0 amide bonds. The summed E-state index contributed by atoms with van der Waals surface area (Å²) in [5, 5.41) is 15.8. The molecular formula is C28H22N10O4. The molecule has 14 nitrogen and oxygen atoms in total. The van der Waals surface area contributed by atoms with Crippen LogP contribution in [-0.4, -0.2) is 34.0 Å². The largest absolute Gasteiger partial charge is 0.497 e. The smallest absolute Gasteiger partial charge is 0.167 e. The van der Waals surface area contributed by atoms with Gasteiger partial charge in [0.1, 0.15) is 22.9 Å². The second-order valence-corrected chi connectivity index (χ2v) is 9.28. The van der Waals surface area contributed by atoms with Crippen LogP contribution >= 0.6 is 0 Å². The van der Waals surface area contributed by atoms with E-state index < -0.39 is 5.41 Å². The lowest BCUT2D eigenvalue weighted by molar-refractivity contribution is 0.327. The van der Waals surface area contributed by atoms with Crippen molar-refractivity contribution in [2.75, 3.05) is 34.0 Å². The Kier molecular flexibility index (Phi) is 7.67. The molecule has 1 aliphatic carbocycles. The van der Waals surface area contributed by atoms with Gasteiger partial charge in [0.2, 0.25) is 0 Å². The van der Waals surface area contributed by atoms with Crippen LogP contribution in [0.2, 0.25) is 0 Å². The van der Waals surface area contributed by atoms with Gasteiger partial charge in [0, 0.05) is 55.8 Å². The molecule has 0 radical (unpaired) electrons. The molecule has 0 unspecified atom stereocenters. The maximum Gasteiger partial charge on any atom is 0.167 e. The summed E-state index contributed by atoms with van der Waals surface area (Å²) < 4.78 is 16.9. The number of azide groups is 3. The molecule has 4 aromatic carbocycles. The highest BCUT2D eigenvalue weighted by Crippen LogP contribution is 2.55. The monoisotopic (exact) mass is 562 g/mol. The SMILES string of the molecule is COc1ccc(-c2cc3c(N=O)cc4c(c3cc2OC)-c2ccccc2C4(CN=[N+]=[N-])CN=[N+]=[N-])c(OCN=[N+]=[N-])c1. The van der Waals surface area contributed by atoms with Crippen LogP contribution in [0.25, 0.3) is 64.4 Å². The molecule has 0 saturated heterocycles. The molecule has 208 valence electrons. The zero-order chi connectivity index (χ0) is 29.7. The van der Waals surface area contributed by atoms with Gasteiger partial charge in [-0.15, -0.1) is 4.91 Å². The first kappa shape index (κ1) is 27.6. The summed E-state index contributed by atoms with van der Waals surface area (Å²) in [6.45, 7) is -0.330. The molecule has 0 N–H and O–H groups in total. The lowest BCUT2D eigenvalue weighted by Gasteiger charge is -2.29. The van der Waals surface area contributed by atoms with Gasteiger partial charge in [0.25, 0.3) is 0 Å². The van der Waals surface area contributed by atoms with Crippen molar-refractivity contribution in [3.05, 3.63) is 108 Å². The van der Waals surface area contributed by atoms with Gasteiger partial charge >= 0.3 is 0 Å². The van der Waals surface area contributed by atoms with Gasteiger partial charge in [-0.2, -0.15) is 0 Å². The zero-order valence-corrected chi connectivity index (χ0v) is 22.5. The number of ether oxygens (including phenoxy) is 3. The number of hydrogen-bond donors (Lipinski definition) is 0. The highest BCUT2D eigenvalue weighted by molar-refractivity contribution is 6.10. The minimum absolute atomic E-state index is 0.0384. The first-order valence-corrected chi connectivity index (χ1v) is 12.5. The van der Waals surface area contributed by atoms with Crippen molar-refractivity contribution in [2.24, 2.45) is 20.5 Å². The molecule has 42 heavy (non-hydrogen) atoms. The number of nitrogens with zero attached hydrogens (tertiary/aromatic N) is 10. The average molecular weight is 563 g/mol. The van der Waals surface area contributed by atoms with Crippen molar-refractivity contribution < 1.29 is 14.2 Å².